The number of nitrogens with zero attached hydrogens (tertiary/aromatic N) is 5. The van der Waals surface area contributed by atoms with Gasteiger partial charge in [0.15, 0.2) is 5.82 Å². The van der Waals surface area contributed by atoms with Gasteiger partial charge in [0.1, 0.15) is 6.33 Å². The van der Waals surface area contributed by atoms with E-state index >= 15 is 0 Å². The Morgan fingerprint density at radius 2 is 2.11 bits per heavy atom. The molecule has 2 aromatic rings. The Bertz CT molecular complexity index is 525. The topological polar surface area (TPSA) is 60.6 Å². The number of aromatic nitrogens is 5. The monoisotopic (exact) mass is 262 g/mol. The van der Waals surface area contributed by atoms with Crippen LogP contribution >= 0.6 is 0 Å². The molecule has 0 aliphatic heterocycles. The maximum absolute atomic E-state index is 4.46. The molecule has 0 atom stereocenters. The van der Waals surface area contributed by atoms with Gasteiger partial charge in [0.2, 0.25) is 0 Å². The molecule has 0 bridgehead atoms. The van der Waals surface area contributed by atoms with Crippen molar-refractivity contribution >= 4 is 0 Å². The summed E-state index contributed by atoms with van der Waals surface area (Å²) < 4.78 is 3.76. The Labute approximate surface area is 113 Å². The van der Waals surface area contributed by atoms with Crippen LogP contribution in [0.5, 0.6) is 0 Å². The molecular formula is C13H22N6. The molecule has 2 rings (SSSR count). The third-order valence-electron chi connectivity index (χ3n) is 2.97. The molecule has 6 heteroatoms. The van der Waals surface area contributed by atoms with Gasteiger partial charge in [-0.25, -0.2) is 9.67 Å². The Hall–Kier alpha value is -1.69. The van der Waals surface area contributed by atoms with Crippen molar-refractivity contribution in [1.29, 1.82) is 0 Å². The van der Waals surface area contributed by atoms with Gasteiger partial charge < -0.3 is 5.32 Å². The molecule has 0 amide bonds. The first-order valence-electron chi connectivity index (χ1n) is 6.72. The highest BCUT2D eigenvalue weighted by molar-refractivity contribution is 5.10. The summed E-state index contributed by atoms with van der Waals surface area (Å²) in [5, 5.41) is 12.2. The molecule has 19 heavy (non-hydrogen) atoms. The molecule has 0 unspecified atom stereocenters. The van der Waals surface area contributed by atoms with Crippen LogP contribution in [0.3, 0.4) is 0 Å². The highest BCUT2D eigenvalue weighted by atomic mass is 15.4. The van der Waals surface area contributed by atoms with E-state index in [1.54, 1.807) is 6.33 Å². The largest absolute Gasteiger partial charge is 0.308 e. The molecule has 0 aliphatic rings. The van der Waals surface area contributed by atoms with E-state index in [9.17, 15) is 0 Å². The molecule has 0 aliphatic carbocycles. The smallest absolute Gasteiger partial charge is 0.164 e. The van der Waals surface area contributed by atoms with Gasteiger partial charge in [0.25, 0.3) is 0 Å². The normalized spacial score (nSPS) is 11.4. The minimum absolute atomic E-state index is 0.441. The van der Waals surface area contributed by atoms with Gasteiger partial charge in [-0.3, -0.25) is 4.68 Å². The Morgan fingerprint density at radius 1 is 1.32 bits per heavy atom. The summed E-state index contributed by atoms with van der Waals surface area (Å²) in [5.74, 6) is 0.826. The van der Waals surface area contributed by atoms with Crippen molar-refractivity contribution in [1.82, 2.24) is 29.9 Å². The Kier molecular flexibility index (Phi) is 4.31. The van der Waals surface area contributed by atoms with Gasteiger partial charge in [-0.15, -0.1) is 0 Å². The van der Waals surface area contributed by atoms with Crippen molar-refractivity contribution < 1.29 is 0 Å². The lowest BCUT2D eigenvalue weighted by Crippen LogP contribution is -2.22. The average molecular weight is 262 g/mol. The minimum atomic E-state index is 0.441. The zero-order valence-corrected chi connectivity index (χ0v) is 12.1. The zero-order chi connectivity index (χ0) is 13.8. The van der Waals surface area contributed by atoms with Gasteiger partial charge in [0.05, 0.1) is 24.5 Å². The fraction of sp³-hybridized carbons (Fsp3) is 0.615. The summed E-state index contributed by atoms with van der Waals surface area (Å²) in [6.45, 7) is 7.74. The van der Waals surface area contributed by atoms with E-state index in [1.165, 1.54) is 0 Å². The zero-order valence-electron chi connectivity index (χ0n) is 12.1. The standard InChI is InChI=1S/C13H22N6/c1-5-11-6-12(18(4)16-11)8-19-9-15-13(17-19)7-14-10(2)3/h6,9-10,14H,5,7-8H2,1-4H3. The molecule has 0 saturated heterocycles. The summed E-state index contributed by atoms with van der Waals surface area (Å²) in [5.41, 5.74) is 2.25. The molecule has 0 fully saturated rings. The second-order valence-electron chi connectivity index (χ2n) is 5.00. The molecule has 104 valence electrons. The Morgan fingerprint density at radius 3 is 2.74 bits per heavy atom. The van der Waals surface area contributed by atoms with Crippen molar-refractivity contribution in [3.63, 3.8) is 0 Å². The summed E-state index contributed by atoms with van der Waals surface area (Å²) in [4.78, 5) is 4.30. The van der Waals surface area contributed by atoms with E-state index in [-0.39, 0.29) is 0 Å². The SMILES string of the molecule is CCc1cc(Cn2cnc(CNC(C)C)n2)n(C)n1. The van der Waals surface area contributed by atoms with Crippen molar-refractivity contribution in [3.05, 3.63) is 29.6 Å². The van der Waals surface area contributed by atoms with Crippen LogP contribution in [0, 0.1) is 0 Å². The van der Waals surface area contributed by atoms with E-state index in [0.29, 0.717) is 19.1 Å². The molecule has 0 aromatic carbocycles. The van der Waals surface area contributed by atoms with E-state index in [4.69, 9.17) is 0 Å². The van der Waals surface area contributed by atoms with Crippen LogP contribution in [0.2, 0.25) is 0 Å². The number of nitrogens with one attached hydrogen (secondary N) is 1. The second kappa shape index (κ2) is 5.97. The maximum Gasteiger partial charge on any atom is 0.164 e. The maximum atomic E-state index is 4.46. The van der Waals surface area contributed by atoms with Gasteiger partial charge >= 0.3 is 0 Å². The summed E-state index contributed by atoms with van der Waals surface area (Å²) in [6, 6.07) is 2.56. The highest BCUT2D eigenvalue weighted by Crippen LogP contribution is 2.05. The number of rotatable bonds is 6. The van der Waals surface area contributed by atoms with Gasteiger partial charge in [-0.2, -0.15) is 10.2 Å². The van der Waals surface area contributed by atoms with Crippen LogP contribution in [0.4, 0.5) is 0 Å². The lowest BCUT2D eigenvalue weighted by molar-refractivity contribution is 0.560. The molecule has 1 N–H and O–H groups in total. The van der Waals surface area contributed by atoms with Gasteiger partial charge in [-0.05, 0) is 12.5 Å². The van der Waals surface area contributed by atoms with Crippen LogP contribution in [-0.4, -0.2) is 30.6 Å². The predicted molar refractivity (Wildman–Crippen MR) is 73.7 cm³/mol. The van der Waals surface area contributed by atoms with Crippen LogP contribution < -0.4 is 5.32 Å². The lowest BCUT2D eigenvalue weighted by Gasteiger charge is -2.04. The first-order chi connectivity index (χ1) is 9.08. The molecular weight excluding hydrogens is 240 g/mol. The van der Waals surface area contributed by atoms with Crippen molar-refractivity contribution in [2.75, 3.05) is 0 Å². The van der Waals surface area contributed by atoms with Gasteiger partial charge in [-0.1, -0.05) is 20.8 Å². The predicted octanol–water partition coefficient (Wildman–Crippen LogP) is 1.12. The van der Waals surface area contributed by atoms with Crippen molar-refractivity contribution in [2.24, 2.45) is 7.05 Å². The number of hydrogen-bond acceptors (Lipinski definition) is 4. The first kappa shape index (κ1) is 13.7. The highest BCUT2D eigenvalue weighted by Gasteiger charge is 2.07. The molecule has 2 heterocycles. The minimum Gasteiger partial charge on any atom is -0.308 e. The third-order valence-corrected chi connectivity index (χ3v) is 2.97. The summed E-state index contributed by atoms with van der Waals surface area (Å²) in [7, 11) is 1.96. The third kappa shape index (κ3) is 3.64. The Balaban J connectivity index is 2.00. The van der Waals surface area contributed by atoms with Crippen LogP contribution in [0.1, 0.15) is 38.0 Å². The van der Waals surface area contributed by atoms with E-state index in [1.807, 2.05) is 16.4 Å². The second-order valence-corrected chi connectivity index (χ2v) is 5.00. The van der Waals surface area contributed by atoms with Crippen LogP contribution in [-0.2, 0) is 26.6 Å². The summed E-state index contributed by atoms with van der Waals surface area (Å²) >= 11 is 0. The molecule has 0 radical (unpaired) electrons. The molecule has 0 saturated carbocycles. The quantitative estimate of drug-likeness (QED) is 0.847. The van der Waals surface area contributed by atoms with E-state index in [0.717, 1.165) is 23.6 Å². The van der Waals surface area contributed by atoms with Crippen molar-refractivity contribution in [2.45, 2.75) is 46.3 Å². The number of hydrogen-bond donors (Lipinski definition) is 1. The fourth-order valence-corrected chi connectivity index (χ4v) is 1.84. The van der Waals surface area contributed by atoms with Gasteiger partial charge in [0, 0.05) is 13.1 Å². The summed E-state index contributed by atoms with van der Waals surface area (Å²) in [6.07, 6.45) is 2.73. The fourth-order valence-electron chi connectivity index (χ4n) is 1.84. The molecule has 0 spiro atoms. The molecule has 6 nitrogen and oxygen atoms in total. The molecule has 2 aromatic heterocycles. The number of aryl methyl sites for hydroxylation is 2. The first-order valence-corrected chi connectivity index (χ1v) is 6.72. The average Bonchev–Trinajstić information content (AvgIpc) is 2.95. The van der Waals surface area contributed by atoms with Crippen LogP contribution in [0.15, 0.2) is 12.4 Å². The van der Waals surface area contributed by atoms with Crippen molar-refractivity contribution in [3.8, 4) is 0 Å². The lowest BCUT2D eigenvalue weighted by atomic mass is 10.3. The van der Waals surface area contributed by atoms with Crippen LogP contribution in [0.25, 0.3) is 0 Å². The van der Waals surface area contributed by atoms with E-state index < -0.39 is 0 Å². The van der Waals surface area contributed by atoms with E-state index in [2.05, 4.69) is 47.3 Å².